The van der Waals surface area contributed by atoms with Gasteiger partial charge in [0.05, 0.1) is 18.4 Å². The number of ketones is 1. The van der Waals surface area contributed by atoms with Crippen molar-refractivity contribution in [2.24, 2.45) is 10.2 Å². The molecule has 0 saturated heterocycles. The van der Waals surface area contributed by atoms with Crippen LogP contribution in [0.15, 0.2) is 89.6 Å². The predicted molar refractivity (Wildman–Crippen MR) is 117 cm³/mol. The number of nitrogens with zero attached hydrogens (tertiary/aromatic N) is 2. The molecule has 0 saturated carbocycles. The van der Waals surface area contributed by atoms with Crippen molar-refractivity contribution in [2.75, 3.05) is 7.11 Å². The Morgan fingerprint density at radius 1 is 1.06 bits per heavy atom. The molecule has 0 spiro atoms. The fraction of sp³-hybridized carbons (Fsp3) is 0.0833. The van der Waals surface area contributed by atoms with E-state index in [2.05, 4.69) is 22.1 Å². The Hall–Kier alpha value is -4.26. The van der Waals surface area contributed by atoms with Crippen LogP contribution < -0.4 is 10.1 Å². The van der Waals surface area contributed by atoms with Crippen LogP contribution in [-0.4, -0.2) is 23.9 Å². The lowest BCUT2D eigenvalue weighted by Gasteiger charge is -2.09. The molecule has 0 aliphatic rings. The summed E-state index contributed by atoms with van der Waals surface area (Å²) in [6, 6.07) is 18.6. The smallest absolute Gasteiger partial charge is 0.243 e. The first-order valence-corrected chi connectivity index (χ1v) is 9.43. The van der Waals surface area contributed by atoms with Crippen LogP contribution in [0.25, 0.3) is 0 Å². The van der Waals surface area contributed by atoms with Crippen LogP contribution in [-0.2, 0) is 11.3 Å². The van der Waals surface area contributed by atoms with Gasteiger partial charge in [0.2, 0.25) is 5.91 Å². The number of azo groups is 1. The normalized spacial score (nSPS) is 10.6. The molecule has 2 N–H and O–H groups in total. The zero-order valence-electron chi connectivity index (χ0n) is 16.9. The van der Waals surface area contributed by atoms with E-state index in [1.54, 1.807) is 36.4 Å². The molecule has 7 nitrogen and oxygen atoms in total. The third-order valence-corrected chi connectivity index (χ3v) is 4.44. The summed E-state index contributed by atoms with van der Waals surface area (Å²) in [5.74, 6) is -0.489. The van der Waals surface area contributed by atoms with E-state index in [1.807, 2.05) is 18.2 Å². The molecule has 0 aromatic heterocycles. The molecule has 0 atom stereocenters. The summed E-state index contributed by atoms with van der Waals surface area (Å²) in [6.45, 7) is 3.78. The van der Waals surface area contributed by atoms with Gasteiger partial charge in [-0.25, -0.2) is 0 Å². The number of hydrogen-bond acceptors (Lipinski definition) is 6. The molecule has 1 amide bonds. The molecule has 0 fully saturated rings. The number of methoxy groups -OCH3 is 1. The Morgan fingerprint density at radius 2 is 1.77 bits per heavy atom. The standard InChI is InChI=1S/C24H21N3O4/c1-3-23(29)25-15-16-9-11-18(12-10-16)26-27-20-13-19(21(28)14-22(20)31-2)24(30)17-7-5-4-6-8-17/h3-14,28H,1,15H2,2H3,(H,25,29). The van der Waals surface area contributed by atoms with Crippen LogP contribution in [0.3, 0.4) is 0 Å². The molecular formula is C24H21N3O4. The van der Waals surface area contributed by atoms with E-state index in [9.17, 15) is 14.7 Å². The van der Waals surface area contributed by atoms with Crippen LogP contribution in [0.1, 0.15) is 21.5 Å². The zero-order valence-corrected chi connectivity index (χ0v) is 16.9. The Labute approximate surface area is 179 Å². The van der Waals surface area contributed by atoms with Crippen LogP contribution in [0.2, 0.25) is 0 Å². The van der Waals surface area contributed by atoms with E-state index in [1.165, 1.54) is 25.3 Å². The molecule has 31 heavy (non-hydrogen) atoms. The van der Waals surface area contributed by atoms with Gasteiger partial charge in [0.25, 0.3) is 0 Å². The van der Waals surface area contributed by atoms with Gasteiger partial charge in [0, 0.05) is 18.2 Å². The highest BCUT2D eigenvalue weighted by atomic mass is 16.5. The van der Waals surface area contributed by atoms with Crippen molar-refractivity contribution < 1.29 is 19.4 Å². The molecule has 0 heterocycles. The molecule has 7 heteroatoms. The number of nitrogens with one attached hydrogen (secondary N) is 1. The molecular weight excluding hydrogens is 394 g/mol. The van der Waals surface area contributed by atoms with Crippen molar-refractivity contribution in [3.8, 4) is 11.5 Å². The lowest BCUT2D eigenvalue weighted by atomic mass is 10.0. The molecule has 0 radical (unpaired) electrons. The average molecular weight is 415 g/mol. The van der Waals surface area contributed by atoms with Crippen molar-refractivity contribution >= 4 is 23.1 Å². The summed E-state index contributed by atoms with van der Waals surface area (Å²) in [5.41, 5.74) is 2.33. The van der Waals surface area contributed by atoms with Crippen molar-refractivity contribution in [1.82, 2.24) is 5.32 Å². The molecule has 0 unspecified atom stereocenters. The molecule has 3 aromatic rings. The third kappa shape index (κ3) is 5.42. The van der Waals surface area contributed by atoms with E-state index >= 15 is 0 Å². The highest BCUT2D eigenvalue weighted by molar-refractivity contribution is 6.11. The second kappa shape index (κ2) is 9.98. The Balaban J connectivity index is 1.83. The quantitative estimate of drug-likeness (QED) is 0.312. The maximum Gasteiger partial charge on any atom is 0.243 e. The Kier molecular flexibility index (Phi) is 6.90. The molecule has 3 aromatic carbocycles. The van der Waals surface area contributed by atoms with Gasteiger partial charge in [-0.15, -0.1) is 5.11 Å². The van der Waals surface area contributed by atoms with E-state index in [0.29, 0.717) is 23.5 Å². The van der Waals surface area contributed by atoms with Gasteiger partial charge in [0.1, 0.15) is 17.2 Å². The van der Waals surface area contributed by atoms with Gasteiger partial charge in [-0.2, -0.15) is 5.11 Å². The summed E-state index contributed by atoms with van der Waals surface area (Å²) in [6.07, 6.45) is 1.21. The number of ether oxygens (including phenoxy) is 1. The first-order valence-electron chi connectivity index (χ1n) is 9.43. The molecule has 0 aliphatic heterocycles. The fourth-order valence-electron chi connectivity index (χ4n) is 2.78. The van der Waals surface area contributed by atoms with Gasteiger partial charge in [0.15, 0.2) is 5.78 Å². The molecule has 0 aliphatic carbocycles. The fourth-order valence-corrected chi connectivity index (χ4v) is 2.78. The minimum Gasteiger partial charge on any atom is -0.507 e. The van der Waals surface area contributed by atoms with Crippen molar-refractivity contribution in [3.05, 3.63) is 96.1 Å². The summed E-state index contributed by atoms with van der Waals surface area (Å²) in [4.78, 5) is 24.0. The summed E-state index contributed by atoms with van der Waals surface area (Å²) < 4.78 is 5.27. The van der Waals surface area contributed by atoms with E-state index < -0.39 is 0 Å². The number of aromatic hydroxyl groups is 1. The van der Waals surface area contributed by atoms with E-state index in [-0.39, 0.29) is 28.8 Å². The Morgan fingerprint density at radius 3 is 2.42 bits per heavy atom. The first kappa shape index (κ1) is 21.4. The topological polar surface area (TPSA) is 100 Å². The lowest BCUT2D eigenvalue weighted by Crippen LogP contribution is -2.19. The predicted octanol–water partition coefficient (Wildman–Crippen LogP) is 4.85. The largest absolute Gasteiger partial charge is 0.507 e. The van der Waals surface area contributed by atoms with Gasteiger partial charge in [-0.05, 0) is 29.8 Å². The van der Waals surface area contributed by atoms with Gasteiger partial charge >= 0.3 is 0 Å². The number of carbonyl (C=O) groups excluding carboxylic acids is 2. The summed E-state index contributed by atoms with van der Waals surface area (Å²) >= 11 is 0. The SMILES string of the molecule is C=CC(=O)NCc1ccc(N=Nc2cc(C(=O)c3ccccc3)c(O)cc2OC)cc1. The highest BCUT2D eigenvalue weighted by Crippen LogP contribution is 2.36. The van der Waals surface area contributed by atoms with E-state index in [4.69, 9.17) is 4.74 Å². The third-order valence-electron chi connectivity index (χ3n) is 4.44. The minimum atomic E-state index is -0.330. The second-order valence-electron chi connectivity index (χ2n) is 6.52. The van der Waals surface area contributed by atoms with Crippen molar-refractivity contribution in [3.63, 3.8) is 0 Å². The highest BCUT2D eigenvalue weighted by Gasteiger charge is 2.17. The first-order chi connectivity index (χ1) is 15.0. The maximum atomic E-state index is 12.8. The minimum absolute atomic E-state index is 0.106. The van der Waals surface area contributed by atoms with Gasteiger partial charge in [-0.1, -0.05) is 49.0 Å². The average Bonchev–Trinajstić information content (AvgIpc) is 2.82. The van der Waals surface area contributed by atoms with Crippen LogP contribution in [0, 0.1) is 0 Å². The van der Waals surface area contributed by atoms with Gasteiger partial charge in [-0.3, -0.25) is 9.59 Å². The number of phenols is 1. The number of carbonyl (C=O) groups is 2. The molecule has 0 bridgehead atoms. The van der Waals surface area contributed by atoms with Gasteiger partial charge < -0.3 is 15.2 Å². The lowest BCUT2D eigenvalue weighted by molar-refractivity contribution is -0.116. The zero-order chi connectivity index (χ0) is 22.2. The number of benzene rings is 3. The van der Waals surface area contributed by atoms with Crippen molar-refractivity contribution in [2.45, 2.75) is 6.54 Å². The van der Waals surface area contributed by atoms with Crippen LogP contribution in [0.4, 0.5) is 11.4 Å². The Bertz CT molecular complexity index is 1120. The van der Waals surface area contributed by atoms with Crippen LogP contribution >= 0.6 is 0 Å². The number of rotatable bonds is 8. The summed E-state index contributed by atoms with van der Waals surface area (Å²) in [5, 5.41) is 21.4. The summed E-state index contributed by atoms with van der Waals surface area (Å²) in [7, 11) is 1.44. The van der Waals surface area contributed by atoms with Crippen LogP contribution in [0.5, 0.6) is 11.5 Å². The monoisotopic (exact) mass is 415 g/mol. The molecule has 3 rings (SSSR count). The number of phenolic OH excluding ortho intramolecular Hbond substituents is 1. The number of hydrogen-bond donors (Lipinski definition) is 2. The molecule has 156 valence electrons. The van der Waals surface area contributed by atoms with E-state index in [0.717, 1.165) is 5.56 Å². The number of amides is 1. The maximum absolute atomic E-state index is 12.8. The van der Waals surface area contributed by atoms with Crippen molar-refractivity contribution in [1.29, 1.82) is 0 Å². The second-order valence-corrected chi connectivity index (χ2v) is 6.52.